The summed E-state index contributed by atoms with van der Waals surface area (Å²) in [5.74, 6) is -0.132. The minimum Gasteiger partial charge on any atom is -0.394 e. The molecule has 0 aromatic rings. The topological polar surface area (TPSA) is 149 Å². The lowest BCUT2D eigenvalue weighted by atomic mass is 9.99. The molecule has 490 valence electrons. The van der Waals surface area contributed by atoms with Crippen LogP contribution in [-0.4, -0.2) is 87.5 Å². The maximum Gasteiger partial charge on any atom is 0.220 e. The Morgan fingerprint density at radius 2 is 0.610 bits per heavy atom. The van der Waals surface area contributed by atoms with Gasteiger partial charge in [0.05, 0.1) is 25.4 Å². The van der Waals surface area contributed by atoms with Gasteiger partial charge in [-0.1, -0.05) is 386 Å². The highest BCUT2D eigenvalue weighted by atomic mass is 16.7. The lowest BCUT2D eigenvalue weighted by Crippen LogP contribution is -2.60. The Hall–Kier alpha value is -0.810. The fourth-order valence-electron chi connectivity index (χ4n) is 12.6. The number of hydrogen-bond acceptors (Lipinski definition) is 8. The average Bonchev–Trinajstić information content (AvgIpc) is 3.56. The molecule has 0 bridgehead atoms. The SMILES string of the molecule is CCCCCCCCCCCCCCCCCCCCCCCCCCCCCCCCCCC(=O)NC(COC1OC(CO)C(O)C(O)C1O)C(O)CCCCCCCCCCCCCCCCCCCCCCCCCCCCC. The summed E-state index contributed by atoms with van der Waals surface area (Å²) in [5.41, 5.74) is 0. The summed E-state index contributed by atoms with van der Waals surface area (Å²) in [4.78, 5) is 13.2. The number of unbranched alkanes of at least 4 members (excludes halogenated alkanes) is 57. The van der Waals surface area contributed by atoms with Crippen molar-refractivity contribution in [2.75, 3.05) is 13.2 Å². The van der Waals surface area contributed by atoms with Crippen LogP contribution in [0.4, 0.5) is 0 Å². The maximum atomic E-state index is 13.2. The highest BCUT2D eigenvalue weighted by molar-refractivity contribution is 5.76. The molecule has 6 N–H and O–H groups in total. The minimum atomic E-state index is -1.55. The highest BCUT2D eigenvalue weighted by Crippen LogP contribution is 2.24. The van der Waals surface area contributed by atoms with Crippen molar-refractivity contribution in [1.29, 1.82) is 0 Å². The first kappa shape index (κ1) is 79.2. The molecule has 0 aliphatic carbocycles. The van der Waals surface area contributed by atoms with Gasteiger partial charge in [0.25, 0.3) is 0 Å². The normalized spacial score (nSPS) is 18.2. The summed E-state index contributed by atoms with van der Waals surface area (Å²) in [5, 5.41) is 55.0. The summed E-state index contributed by atoms with van der Waals surface area (Å²) < 4.78 is 11.4. The van der Waals surface area contributed by atoms with E-state index in [2.05, 4.69) is 19.2 Å². The third-order valence-electron chi connectivity index (χ3n) is 18.5. The first-order valence-electron chi connectivity index (χ1n) is 37.2. The van der Waals surface area contributed by atoms with Crippen molar-refractivity contribution in [3.8, 4) is 0 Å². The van der Waals surface area contributed by atoms with Gasteiger partial charge in [-0.05, 0) is 12.8 Å². The lowest BCUT2D eigenvalue weighted by Gasteiger charge is -2.40. The zero-order valence-electron chi connectivity index (χ0n) is 55.0. The molecule has 1 amide bonds. The van der Waals surface area contributed by atoms with Crippen LogP contribution < -0.4 is 5.32 Å². The minimum absolute atomic E-state index is 0.130. The number of carbonyl (C=O) groups excluding carboxylic acids is 1. The van der Waals surface area contributed by atoms with Crippen molar-refractivity contribution < 1.29 is 39.8 Å². The Bertz CT molecular complexity index is 1260. The molecule has 7 unspecified atom stereocenters. The van der Waals surface area contributed by atoms with Crippen LogP contribution in [0.2, 0.25) is 0 Å². The summed E-state index contributed by atoms with van der Waals surface area (Å²) in [6.07, 6.45) is 73.4. The molecule has 1 rings (SSSR count). The van der Waals surface area contributed by atoms with Crippen LogP contribution in [0.5, 0.6) is 0 Å². The molecule has 9 heteroatoms. The first-order chi connectivity index (χ1) is 40.3. The quantitative estimate of drug-likeness (QED) is 0.0330. The van der Waals surface area contributed by atoms with Crippen molar-refractivity contribution in [3.63, 3.8) is 0 Å². The molecule has 1 aliphatic rings. The van der Waals surface area contributed by atoms with Crippen molar-refractivity contribution >= 4 is 5.91 Å². The van der Waals surface area contributed by atoms with Crippen molar-refractivity contribution in [2.24, 2.45) is 0 Å². The molecule has 1 fully saturated rings. The summed E-state index contributed by atoms with van der Waals surface area (Å²) in [6.45, 7) is 3.92. The summed E-state index contributed by atoms with van der Waals surface area (Å²) in [6, 6.07) is -0.716. The molecule has 1 aliphatic heterocycles. The number of aliphatic hydroxyl groups is 5. The first-order valence-corrected chi connectivity index (χ1v) is 37.2. The number of nitrogens with one attached hydrogen (secondary N) is 1. The van der Waals surface area contributed by atoms with Gasteiger partial charge >= 0.3 is 0 Å². The Kier molecular flexibility index (Phi) is 61.1. The molecule has 0 radical (unpaired) electrons. The molecular weight excluding hydrogens is 1020 g/mol. The van der Waals surface area contributed by atoms with E-state index in [0.717, 1.165) is 38.5 Å². The van der Waals surface area contributed by atoms with Gasteiger partial charge in [-0.15, -0.1) is 0 Å². The largest absolute Gasteiger partial charge is 0.394 e. The molecule has 1 heterocycles. The molecule has 0 saturated carbocycles. The summed E-state index contributed by atoms with van der Waals surface area (Å²) in [7, 11) is 0. The Labute approximate surface area is 510 Å². The maximum absolute atomic E-state index is 13.2. The molecule has 82 heavy (non-hydrogen) atoms. The van der Waals surface area contributed by atoms with E-state index in [9.17, 15) is 30.3 Å². The number of aliphatic hydroxyl groups excluding tert-OH is 5. The smallest absolute Gasteiger partial charge is 0.220 e. The Morgan fingerprint density at radius 1 is 0.366 bits per heavy atom. The van der Waals surface area contributed by atoms with Crippen molar-refractivity contribution in [3.05, 3.63) is 0 Å². The molecule has 7 atom stereocenters. The van der Waals surface area contributed by atoms with Crippen LogP contribution in [0.25, 0.3) is 0 Å². The van der Waals surface area contributed by atoms with Crippen LogP contribution in [0.15, 0.2) is 0 Å². The van der Waals surface area contributed by atoms with Gasteiger partial charge in [-0.2, -0.15) is 0 Å². The number of carbonyl (C=O) groups is 1. The van der Waals surface area contributed by atoms with Gasteiger partial charge in [0, 0.05) is 6.42 Å². The number of amides is 1. The van der Waals surface area contributed by atoms with Gasteiger partial charge in [0.15, 0.2) is 6.29 Å². The second-order valence-electron chi connectivity index (χ2n) is 26.5. The predicted molar refractivity (Wildman–Crippen MR) is 351 cm³/mol. The number of hydrogen-bond donors (Lipinski definition) is 6. The number of ether oxygens (including phenoxy) is 2. The molecule has 1 saturated heterocycles. The molecule has 0 aromatic heterocycles. The van der Waals surface area contributed by atoms with Gasteiger partial charge < -0.3 is 40.3 Å². The van der Waals surface area contributed by atoms with Gasteiger partial charge in [-0.25, -0.2) is 0 Å². The van der Waals surface area contributed by atoms with Crippen LogP contribution >= 0.6 is 0 Å². The predicted octanol–water partition coefficient (Wildman–Crippen LogP) is 20.5. The van der Waals surface area contributed by atoms with Crippen molar-refractivity contribution in [2.45, 2.75) is 448 Å². The monoisotopic (exact) mass is 1160 g/mol. The average molecular weight is 1160 g/mol. The van der Waals surface area contributed by atoms with Gasteiger partial charge in [0.2, 0.25) is 5.91 Å². The molecular formula is C73H145NO8. The van der Waals surface area contributed by atoms with Crippen molar-refractivity contribution in [1.82, 2.24) is 5.32 Å². The molecule has 9 nitrogen and oxygen atoms in total. The fraction of sp³-hybridized carbons (Fsp3) is 0.986. The van der Waals surface area contributed by atoms with Gasteiger partial charge in [0.1, 0.15) is 24.4 Å². The third-order valence-corrected chi connectivity index (χ3v) is 18.5. The highest BCUT2D eigenvalue weighted by Gasteiger charge is 2.44. The lowest BCUT2D eigenvalue weighted by molar-refractivity contribution is -0.302. The van der Waals surface area contributed by atoms with E-state index in [1.807, 2.05) is 0 Å². The van der Waals surface area contributed by atoms with E-state index >= 15 is 0 Å². The van der Waals surface area contributed by atoms with E-state index in [4.69, 9.17) is 9.47 Å². The zero-order valence-corrected chi connectivity index (χ0v) is 55.0. The fourth-order valence-corrected chi connectivity index (χ4v) is 12.6. The second kappa shape index (κ2) is 63.2. The second-order valence-corrected chi connectivity index (χ2v) is 26.5. The summed E-state index contributed by atoms with van der Waals surface area (Å²) >= 11 is 0. The zero-order chi connectivity index (χ0) is 59.3. The van der Waals surface area contributed by atoms with E-state index in [0.29, 0.717) is 12.8 Å². The number of rotatable bonds is 67. The molecule has 0 spiro atoms. The standard InChI is InChI=1S/C73H145NO8/c1-3-5-7-9-11-13-15-17-19-21-23-25-27-29-31-32-33-34-35-37-39-41-43-45-47-49-51-53-55-57-59-61-63-69(77)74-66(65-81-73-72(80)71(79)70(78)68(64-75)82-73)67(76)62-60-58-56-54-52-50-48-46-44-42-40-38-36-30-28-26-24-22-20-18-16-14-12-10-8-6-4-2/h66-68,70-73,75-76,78-80H,3-65H2,1-2H3,(H,74,77). The van der Waals surface area contributed by atoms with E-state index in [1.54, 1.807) is 0 Å². The Balaban J connectivity index is 2.07. The van der Waals surface area contributed by atoms with Crippen LogP contribution in [0.1, 0.15) is 406 Å². The van der Waals surface area contributed by atoms with E-state index in [1.165, 1.54) is 340 Å². The van der Waals surface area contributed by atoms with E-state index in [-0.39, 0.29) is 12.5 Å². The third kappa shape index (κ3) is 51.3. The Morgan fingerprint density at radius 3 is 0.866 bits per heavy atom. The van der Waals surface area contributed by atoms with Crippen LogP contribution in [0, 0.1) is 0 Å². The van der Waals surface area contributed by atoms with E-state index < -0.39 is 49.5 Å². The molecule has 0 aromatic carbocycles. The van der Waals surface area contributed by atoms with Crippen LogP contribution in [-0.2, 0) is 14.3 Å². The van der Waals surface area contributed by atoms with Gasteiger partial charge in [-0.3, -0.25) is 4.79 Å². The van der Waals surface area contributed by atoms with Crippen LogP contribution in [0.3, 0.4) is 0 Å².